The lowest BCUT2D eigenvalue weighted by Crippen LogP contribution is -2.51. The number of aromatic nitrogens is 2. The molecule has 0 bridgehead atoms. The van der Waals surface area contributed by atoms with E-state index in [1.807, 2.05) is 24.3 Å². The highest BCUT2D eigenvalue weighted by Gasteiger charge is 2.30. The van der Waals surface area contributed by atoms with E-state index in [1.165, 1.54) is 6.20 Å². The number of amides is 1. The van der Waals surface area contributed by atoms with Gasteiger partial charge in [-0.1, -0.05) is 23.7 Å². The van der Waals surface area contributed by atoms with Gasteiger partial charge in [0, 0.05) is 16.5 Å². The Morgan fingerprint density at radius 3 is 2.74 bits per heavy atom. The van der Waals surface area contributed by atoms with Crippen LogP contribution in [0.5, 0.6) is 0 Å². The molecule has 1 aliphatic carbocycles. The van der Waals surface area contributed by atoms with Crippen LogP contribution in [-0.2, 0) is 0 Å². The van der Waals surface area contributed by atoms with Crippen LogP contribution in [0.4, 0.5) is 0 Å². The third-order valence-electron chi connectivity index (χ3n) is 3.53. The molecule has 1 aliphatic rings. The molecule has 0 spiro atoms. The van der Waals surface area contributed by atoms with Crippen LogP contribution in [0.25, 0.3) is 11.3 Å². The molecule has 1 fully saturated rings. The molecule has 1 aromatic heterocycles. The smallest absolute Gasteiger partial charge is 0.272 e. The summed E-state index contributed by atoms with van der Waals surface area (Å²) in [5.74, 6) is 0.0789. The fourth-order valence-electron chi connectivity index (χ4n) is 2.37. The molecule has 1 amide bonds. The first-order chi connectivity index (χ1) is 10.8. The summed E-state index contributed by atoms with van der Waals surface area (Å²) in [6.45, 7) is 3.43. The van der Waals surface area contributed by atoms with E-state index in [4.69, 9.17) is 17.3 Å². The first-order valence-corrected chi connectivity index (χ1v) is 7.95. The first-order valence-electron chi connectivity index (χ1n) is 7.58. The van der Waals surface area contributed by atoms with E-state index in [1.54, 1.807) is 13.8 Å². The number of nitrogens with zero attached hydrogens (tertiary/aromatic N) is 2. The van der Waals surface area contributed by atoms with Crippen molar-refractivity contribution in [1.29, 1.82) is 0 Å². The molecule has 3 rings (SSSR count). The van der Waals surface area contributed by atoms with Crippen molar-refractivity contribution in [2.24, 2.45) is 5.73 Å². The summed E-state index contributed by atoms with van der Waals surface area (Å²) in [7, 11) is 0. The van der Waals surface area contributed by atoms with E-state index < -0.39 is 5.66 Å². The maximum Gasteiger partial charge on any atom is 0.272 e. The van der Waals surface area contributed by atoms with Crippen LogP contribution in [0, 0.1) is 0 Å². The van der Waals surface area contributed by atoms with Crippen LogP contribution in [0.2, 0.25) is 5.02 Å². The summed E-state index contributed by atoms with van der Waals surface area (Å²) in [5.41, 5.74) is 7.79. The van der Waals surface area contributed by atoms with Gasteiger partial charge in [-0.25, -0.2) is 4.98 Å². The average Bonchev–Trinajstić information content (AvgIpc) is 3.29. The molecule has 0 radical (unpaired) electrons. The number of benzene rings is 1. The Balaban J connectivity index is 2.02. The van der Waals surface area contributed by atoms with Gasteiger partial charge in [-0.15, -0.1) is 0 Å². The number of carbonyl (C=O) groups is 1. The Hall–Kier alpha value is -1.98. The Morgan fingerprint density at radius 2 is 2.13 bits per heavy atom. The Morgan fingerprint density at radius 1 is 1.39 bits per heavy atom. The zero-order valence-corrected chi connectivity index (χ0v) is 13.9. The number of rotatable bonds is 4. The minimum Gasteiger partial charge on any atom is -0.333 e. The van der Waals surface area contributed by atoms with Gasteiger partial charge in [-0.3, -0.25) is 9.78 Å². The summed E-state index contributed by atoms with van der Waals surface area (Å²) in [6.07, 6.45) is 3.72. The van der Waals surface area contributed by atoms with Crippen molar-refractivity contribution in [3.8, 4) is 11.3 Å². The SMILES string of the molecule is CC(C)(N)NC(=O)c1cnc(C2CC2)c(-c2cccc(Cl)c2)n1. The van der Waals surface area contributed by atoms with Crippen LogP contribution in [0.1, 0.15) is 48.8 Å². The van der Waals surface area contributed by atoms with Gasteiger partial charge in [0.25, 0.3) is 5.91 Å². The molecule has 0 saturated heterocycles. The third-order valence-corrected chi connectivity index (χ3v) is 3.77. The predicted octanol–water partition coefficient (Wildman–Crippen LogP) is 3.10. The van der Waals surface area contributed by atoms with Gasteiger partial charge in [-0.2, -0.15) is 0 Å². The van der Waals surface area contributed by atoms with E-state index >= 15 is 0 Å². The van der Waals surface area contributed by atoms with Crippen LogP contribution < -0.4 is 11.1 Å². The molecular formula is C17H19ClN4O. The van der Waals surface area contributed by atoms with Gasteiger partial charge in [0.05, 0.1) is 23.2 Å². The summed E-state index contributed by atoms with van der Waals surface area (Å²) in [4.78, 5) is 21.3. The molecule has 2 aromatic rings. The topological polar surface area (TPSA) is 80.9 Å². The van der Waals surface area contributed by atoms with Crippen LogP contribution in [0.15, 0.2) is 30.5 Å². The van der Waals surface area contributed by atoms with Crippen molar-refractivity contribution in [2.45, 2.75) is 38.3 Å². The fourth-order valence-corrected chi connectivity index (χ4v) is 2.56. The van der Waals surface area contributed by atoms with Gasteiger partial charge in [0.15, 0.2) is 0 Å². The Labute approximate surface area is 140 Å². The Kier molecular flexibility index (Phi) is 4.08. The number of halogens is 1. The molecule has 0 atom stereocenters. The highest BCUT2D eigenvalue weighted by molar-refractivity contribution is 6.30. The minimum atomic E-state index is -0.815. The lowest BCUT2D eigenvalue weighted by Gasteiger charge is -2.20. The normalized spacial score (nSPS) is 14.6. The number of nitrogens with two attached hydrogens (primary N) is 1. The minimum absolute atomic E-state index is 0.253. The second-order valence-electron chi connectivity index (χ2n) is 6.45. The van der Waals surface area contributed by atoms with Crippen LogP contribution in [0.3, 0.4) is 0 Å². The third kappa shape index (κ3) is 3.86. The monoisotopic (exact) mass is 330 g/mol. The van der Waals surface area contributed by atoms with Crippen LogP contribution >= 0.6 is 11.6 Å². The van der Waals surface area contributed by atoms with Crippen molar-refractivity contribution in [3.05, 3.63) is 46.9 Å². The Bertz CT molecular complexity index is 750. The van der Waals surface area contributed by atoms with Crippen molar-refractivity contribution in [2.75, 3.05) is 0 Å². The van der Waals surface area contributed by atoms with Gasteiger partial charge in [0.2, 0.25) is 0 Å². The second-order valence-corrected chi connectivity index (χ2v) is 6.89. The molecule has 1 saturated carbocycles. The average molecular weight is 331 g/mol. The molecule has 5 nitrogen and oxygen atoms in total. The standard InChI is InChI=1S/C17H19ClN4O/c1-17(2,19)22-16(23)13-9-20-14(10-6-7-10)15(21-13)11-4-3-5-12(18)8-11/h3-5,8-10H,6-7,19H2,1-2H3,(H,22,23). The highest BCUT2D eigenvalue weighted by atomic mass is 35.5. The zero-order valence-electron chi connectivity index (χ0n) is 13.1. The van der Waals surface area contributed by atoms with Gasteiger partial charge in [-0.05, 0) is 38.8 Å². The van der Waals surface area contributed by atoms with Gasteiger partial charge in [0.1, 0.15) is 5.69 Å². The molecule has 120 valence electrons. The van der Waals surface area contributed by atoms with Crippen molar-refractivity contribution in [3.63, 3.8) is 0 Å². The van der Waals surface area contributed by atoms with E-state index in [0.29, 0.717) is 10.9 Å². The fraction of sp³-hybridized carbons (Fsp3) is 0.353. The molecule has 1 aromatic carbocycles. The van der Waals surface area contributed by atoms with Crippen molar-refractivity contribution >= 4 is 17.5 Å². The van der Waals surface area contributed by atoms with E-state index in [-0.39, 0.29) is 11.6 Å². The summed E-state index contributed by atoms with van der Waals surface area (Å²) >= 11 is 6.09. The highest BCUT2D eigenvalue weighted by Crippen LogP contribution is 2.42. The van der Waals surface area contributed by atoms with Gasteiger partial charge >= 0.3 is 0 Å². The van der Waals surface area contributed by atoms with E-state index in [9.17, 15) is 4.79 Å². The maximum absolute atomic E-state index is 12.3. The largest absolute Gasteiger partial charge is 0.333 e. The van der Waals surface area contributed by atoms with Crippen molar-refractivity contribution in [1.82, 2.24) is 15.3 Å². The first kappa shape index (κ1) is 15.9. The molecular weight excluding hydrogens is 312 g/mol. The number of hydrogen-bond acceptors (Lipinski definition) is 4. The predicted molar refractivity (Wildman–Crippen MR) is 90.2 cm³/mol. The zero-order chi connectivity index (χ0) is 16.6. The quantitative estimate of drug-likeness (QED) is 0.844. The van der Waals surface area contributed by atoms with Crippen LogP contribution in [-0.4, -0.2) is 21.5 Å². The molecule has 23 heavy (non-hydrogen) atoms. The maximum atomic E-state index is 12.3. The summed E-state index contributed by atoms with van der Waals surface area (Å²) in [6, 6.07) is 7.44. The molecule has 1 heterocycles. The molecule has 0 unspecified atom stereocenters. The lowest BCUT2D eigenvalue weighted by molar-refractivity contribution is 0.0910. The summed E-state index contributed by atoms with van der Waals surface area (Å²) < 4.78 is 0. The second kappa shape index (κ2) is 5.91. The summed E-state index contributed by atoms with van der Waals surface area (Å²) in [5, 5.41) is 3.33. The van der Waals surface area contributed by atoms with E-state index in [2.05, 4.69) is 15.3 Å². The number of nitrogens with one attached hydrogen (secondary N) is 1. The van der Waals surface area contributed by atoms with E-state index in [0.717, 1.165) is 29.8 Å². The molecule has 0 aliphatic heterocycles. The van der Waals surface area contributed by atoms with Gasteiger partial charge < -0.3 is 11.1 Å². The molecule has 6 heteroatoms. The number of hydrogen-bond donors (Lipinski definition) is 2. The lowest BCUT2D eigenvalue weighted by atomic mass is 10.1. The molecule has 3 N–H and O–H groups in total. The van der Waals surface area contributed by atoms with Crippen molar-refractivity contribution < 1.29 is 4.79 Å². The number of carbonyl (C=O) groups excluding carboxylic acids is 1.